The van der Waals surface area contributed by atoms with Crippen molar-refractivity contribution in [2.75, 3.05) is 45.8 Å². The summed E-state index contributed by atoms with van der Waals surface area (Å²) in [6.45, 7) is 11.3. The second-order valence-electron chi connectivity index (χ2n) is 7.61. The van der Waals surface area contributed by atoms with E-state index in [1.54, 1.807) is 6.21 Å². The Morgan fingerprint density at radius 2 is 1.78 bits per heavy atom. The second kappa shape index (κ2) is 9.29. The van der Waals surface area contributed by atoms with E-state index in [1.807, 2.05) is 6.92 Å². The highest BCUT2D eigenvalue weighted by Crippen LogP contribution is 2.33. The third kappa shape index (κ3) is 5.27. The molecule has 0 aromatic heterocycles. The molecule has 1 atom stereocenters. The van der Waals surface area contributed by atoms with E-state index in [4.69, 9.17) is 0 Å². The van der Waals surface area contributed by atoms with E-state index in [0.29, 0.717) is 25.0 Å². The fourth-order valence-corrected chi connectivity index (χ4v) is 3.82. The first-order valence-corrected chi connectivity index (χ1v) is 10.0. The number of likely N-dealkylation sites (N-methyl/N-ethyl adjacent to an activating group) is 1. The van der Waals surface area contributed by atoms with Crippen LogP contribution in [-0.2, 0) is 4.79 Å². The number of aliphatic imine (C=N–C) groups is 1. The molecule has 1 aromatic rings. The van der Waals surface area contributed by atoms with Crippen molar-refractivity contribution in [1.29, 1.82) is 0 Å². The molecule has 0 amide bonds. The fraction of sp³-hybridized carbons (Fsp3) is 0.545. The van der Waals surface area contributed by atoms with Crippen molar-refractivity contribution in [3.05, 3.63) is 46.7 Å². The summed E-state index contributed by atoms with van der Waals surface area (Å²) in [5.74, 6) is 0.229. The number of hydrogen-bond acceptors (Lipinski definition) is 5. The number of carbonyl (C=O) groups excluding carboxylic acids is 1. The maximum atomic E-state index is 12.5. The summed E-state index contributed by atoms with van der Waals surface area (Å²) in [5.41, 5.74) is 2.71. The first-order valence-electron chi connectivity index (χ1n) is 10.0. The second-order valence-corrected chi connectivity index (χ2v) is 7.61. The minimum absolute atomic E-state index is 0.00960. The Morgan fingerprint density at radius 1 is 1.11 bits per heavy atom. The van der Waals surface area contributed by atoms with E-state index < -0.39 is 0 Å². The average molecular weight is 370 g/mol. The van der Waals surface area contributed by atoms with Crippen LogP contribution in [0.5, 0.6) is 0 Å². The van der Waals surface area contributed by atoms with Crippen LogP contribution in [-0.4, -0.2) is 72.7 Å². The van der Waals surface area contributed by atoms with E-state index in [9.17, 15) is 9.90 Å². The molecule has 5 nitrogen and oxygen atoms in total. The highest BCUT2D eigenvalue weighted by molar-refractivity contribution is 6.14. The van der Waals surface area contributed by atoms with E-state index in [1.165, 1.54) is 5.56 Å². The number of aliphatic hydroxyl groups excluding tert-OH is 1. The molecular formula is C22H31N3O2. The van der Waals surface area contributed by atoms with Crippen molar-refractivity contribution < 1.29 is 9.90 Å². The number of rotatable bonds is 6. The van der Waals surface area contributed by atoms with Gasteiger partial charge in [0.25, 0.3) is 0 Å². The molecule has 1 aliphatic carbocycles. The van der Waals surface area contributed by atoms with Gasteiger partial charge >= 0.3 is 0 Å². The predicted octanol–water partition coefficient (Wildman–Crippen LogP) is 2.96. The van der Waals surface area contributed by atoms with Gasteiger partial charge in [0.1, 0.15) is 5.76 Å². The van der Waals surface area contributed by atoms with E-state index in [2.05, 4.69) is 46.0 Å². The summed E-state index contributed by atoms with van der Waals surface area (Å²) in [4.78, 5) is 21.8. The standard InChI is InChI=1S/C22H31N3O2/c1-3-24-10-12-25(13-11-24)9-8-23-16-20-21(26)14-19(15-22(20)27)18-6-4-17(2)5-7-18/h4-7,16,19,26H,3,8-15H2,1-2H3. The monoisotopic (exact) mass is 369 g/mol. The van der Waals surface area contributed by atoms with Crippen molar-refractivity contribution >= 4 is 12.0 Å². The smallest absolute Gasteiger partial charge is 0.168 e. The number of nitrogens with zero attached hydrogens (tertiary/aromatic N) is 3. The van der Waals surface area contributed by atoms with Crippen LogP contribution in [0.3, 0.4) is 0 Å². The number of aryl methyl sites for hydroxylation is 1. The van der Waals surface area contributed by atoms with Crippen LogP contribution in [0.15, 0.2) is 40.6 Å². The highest BCUT2D eigenvalue weighted by atomic mass is 16.3. The molecule has 1 fully saturated rings. The molecule has 1 aliphatic heterocycles. The molecule has 0 radical (unpaired) electrons. The van der Waals surface area contributed by atoms with Gasteiger partial charge in [-0.2, -0.15) is 0 Å². The number of benzene rings is 1. The molecule has 27 heavy (non-hydrogen) atoms. The Kier molecular flexibility index (Phi) is 6.80. The van der Waals surface area contributed by atoms with Crippen molar-refractivity contribution in [2.24, 2.45) is 4.99 Å². The predicted molar refractivity (Wildman–Crippen MR) is 110 cm³/mol. The van der Waals surface area contributed by atoms with Gasteiger partial charge in [0.05, 0.1) is 12.1 Å². The van der Waals surface area contributed by atoms with Gasteiger partial charge in [0, 0.05) is 51.8 Å². The zero-order valence-electron chi connectivity index (χ0n) is 16.5. The lowest BCUT2D eigenvalue weighted by Gasteiger charge is -2.33. The topological polar surface area (TPSA) is 56.1 Å². The molecule has 0 spiro atoms. The summed E-state index contributed by atoms with van der Waals surface area (Å²) in [6, 6.07) is 8.21. The summed E-state index contributed by atoms with van der Waals surface area (Å²) < 4.78 is 0. The van der Waals surface area contributed by atoms with Gasteiger partial charge in [-0.1, -0.05) is 36.8 Å². The van der Waals surface area contributed by atoms with Gasteiger partial charge in [0.2, 0.25) is 0 Å². The van der Waals surface area contributed by atoms with Crippen LogP contribution in [0, 0.1) is 6.92 Å². The Balaban J connectivity index is 1.52. The molecule has 1 N–H and O–H groups in total. The molecule has 3 rings (SSSR count). The summed E-state index contributed by atoms with van der Waals surface area (Å²) in [6.07, 6.45) is 2.54. The molecular weight excluding hydrogens is 338 g/mol. The lowest BCUT2D eigenvalue weighted by atomic mass is 9.83. The van der Waals surface area contributed by atoms with Crippen LogP contribution in [0.1, 0.15) is 36.8 Å². The fourth-order valence-electron chi connectivity index (χ4n) is 3.82. The van der Waals surface area contributed by atoms with Crippen molar-refractivity contribution in [3.63, 3.8) is 0 Å². The van der Waals surface area contributed by atoms with Gasteiger partial charge < -0.3 is 10.0 Å². The van der Waals surface area contributed by atoms with Gasteiger partial charge in [-0.25, -0.2) is 0 Å². The van der Waals surface area contributed by atoms with Gasteiger partial charge in [-0.05, 0) is 24.9 Å². The summed E-state index contributed by atoms with van der Waals surface area (Å²) in [7, 11) is 0. The Labute approximate surface area is 162 Å². The van der Waals surface area contributed by atoms with Crippen LogP contribution >= 0.6 is 0 Å². The maximum absolute atomic E-state index is 12.5. The quantitative estimate of drug-likeness (QED) is 0.784. The normalized spacial score (nSPS) is 22.7. The third-order valence-corrected chi connectivity index (χ3v) is 5.71. The van der Waals surface area contributed by atoms with E-state index in [0.717, 1.165) is 44.8 Å². The molecule has 1 unspecified atom stereocenters. The maximum Gasteiger partial charge on any atom is 0.168 e. The number of aliphatic hydroxyl groups is 1. The molecule has 5 heteroatoms. The van der Waals surface area contributed by atoms with Gasteiger partial charge in [-0.15, -0.1) is 0 Å². The van der Waals surface area contributed by atoms with E-state index in [-0.39, 0.29) is 17.5 Å². The molecule has 0 saturated carbocycles. The Hall–Kier alpha value is -1.98. The van der Waals surface area contributed by atoms with Gasteiger partial charge in [0.15, 0.2) is 5.78 Å². The zero-order chi connectivity index (χ0) is 19.2. The summed E-state index contributed by atoms with van der Waals surface area (Å²) in [5, 5.41) is 10.4. The lowest BCUT2D eigenvalue weighted by Crippen LogP contribution is -2.46. The first kappa shape index (κ1) is 19.8. The number of Topliss-reactive ketones (excluding diaryl/α,β-unsaturated/α-hetero) is 1. The number of ketones is 1. The van der Waals surface area contributed by atoms with Crippen molar-refractivity contribution in [1.82, 2.24) is 9.80 Å². The summed E-state index contributed by atoms with van der Waals surface area (Å²) >= 11 is 0. The van der Waals surface area contributed by atoms with Crippen LogP contribution in [0.25, 0.3) is 0 Å². The first-order chi connectivity index (χ1) is 13.1. The average Bonchev–Trinajstić information content (AvgIpc) is 2.67. The van der Waals surface area contributed by atoms with Crippen LogP contribution < -0.4 is 0 Å². The Bertz CT molecular complexity index is 701. The molecule has 1 heterocycles. The van der Waals surface area contributed by atoms with Gasteiger partial charge in [-0.3, -0.25) is 14.7 Å². The minimum Gasteiger partial charge on any atom is -0.511 e. The largest absolute Gasteiger partial charge is 0.511 e. The van der Waals surface area contributed by atoms with Crippen molar-refractivity contribution in [3.8, 4) is 0 Å². The number of hydrogen-bond donors (Lipinski definition) is 1. The third-order valence-electron chi connectivity index (χ3n) is 5.71. The zero-order valence-corrected chi connectivity index (χ0v) is 16.5. The lowest BCUT2D eigenvalue weighted by molar-refractivity contribution is -0.116. The highest BCUT2D eigenvalue weighted by Gasteiger charge is 2.27. The molecule has 1 saturated heterocycles. The van der Waals surface area contributed by atoms with E-state index >= 15 is 0 Å². The number of carbonyl (C=O) groups is 1. The van der Waals surface area contributed by atoms with Crippen molar-refractivity contribution in [2.45, 2.75) is 32.6 Å². The molecule has 146 valence electrons. The molecule has 0 bridgehead atoms. The number of allylic oxidation sites excluding steroid dienone is 2. The van der Waals surface area contributed by atoms with Crippen LogP contribution in [0.4, 0.5) is 0 Å². The Morgan fingerprint density at radius 3 is 2.41 bits per heavy atom. The van der Waals surface area contributed by atoms with Crippen LogP contribution in [0.2, 0.25) is 0 Å². The number of piperazine rings is 1. The minimum atomic E-state index is -0.00960. The SMILES string of the molecule is CCN1CCN(CCN=CC2=C(O)CC(c3ccc(C)cc3)CC2=O)CC1. The molecule has 1 aromatic carbocycles. The molecule has 2 aliphatic rings.